The molecule has 5 atom stereocenters. The monoisotopic (exact) mass is 536 g/mol. The Kier molecular flexibility index (Phi) is 8.39. The van der Waals surface area contributed by atoms with Gasteiger partial charge in [0.1, 0.15) is 12.2 Å². The fourth-order valence-corrected chi connectivity index (χ4v) is 11.1. The molecule has 0 unspecified atom stereocenters. The molecule has 2 fully saturated rings. The molecular formula is C32H44O5Si. The molecule has 0 aromatic heterocycles. The molecule has 5 nitrogen and oxygen atoms in total. The number of rotatable bonds is 10. The first-order chi connectivity index (χ1) is 17.9. The van der Waals surface area contributed by atoms with Crippen LogP contribution in [-0.2, 0) is 18.7 Å². The van der Waals surface area contributed by atoms with E-state index in [0.717, 1.165) is 12.0 Å². The first-order valence-corrected chi connectivity index (χ1v) is 15.7. The van der Waals surface area contributed by atoms with Gasteiger partial charge < -0.3 is 19.0 Å². The Bertz CT molecular complexity index is 1080. The predicted molar refractivity (Wildman–Crippen MR) is 154 cm³/mol. The van der Waals surface area contributed by atoms with Gasteiger partial charge in [0.25, 0.3) is 8.32 Å². The smallest absolute Gasteiger partial charge is 0.312 e. The zero-order valence-electron chi connectivity index (χ0n) is 23.9. The van der Waals surface area contributed by atoms with Crippen LogP contribution in [0.15, 0.2) is 72.3 Å². The van der Waals surface area contributed by atoms with Crippen molar-refractivity contribution in [3.63, 3.8) is 0 Å². The molecule has 38 heavy (non-hydrogen) atoms. The number of hydrogen-bond donors (Lipinski definition) is 1. The summed E-state index contributed by atoms with van der Waals surface area (Å²) in [5, 5.41) is 13.6. The highest BCUT2D eigenvalue weighted by molar-refractivity contribution is 6.99. The van der Waals surface area contributed by atoms with Gasteiger partial charge in [-0.3, -0.25) is 4.79 Å². The lowest BCUT2D eigenvalue weighted by Crippen LogP contribution is -2.66. The van der Waals surface area contributed by atoms with Gasteiger partial charge in [0.05, 0.1) is 12.0 Å². The van der Waals surface area contributed by atoms with E-state index in [1.807, 2.05) is 25.1 Å². The van der Waals surface area contributed by atoms with Crippen molar-refractivity contribution in [2.24, 2.45) is 17.3 Å². The number of hydrogen-bond acceptors (Lipinski definition) is 5. The highest BCUT2D eigenvalue weighted by Crippen LogP contribution is 2.55. The average molecular weight is 537 g/mol. The van der Waals surface area contributed by atoms with Crippen molar-refractivity contribution in [2.75, 3.05) is 13.7 Å². The molecule has 206 valence electrons. The van der Waals surface area contributed by atoms with Gasteiger partial charge >= 0.3 is 5.97 Å². The second-order valence-corrected chi connectivity index (χ2v) is 17.0. The zero-order chi connectivity index (χ0) is 27.7. The highest BCUT2D eigenvalue weighted by atomic mass is 28.4. The molecule has 0 amide bonds. The lowest BCUT2D eigenvalue weighted by molar-refractivity contribution is -0.153. The van der Waals surface area contributed by atoms with Gasteiger partial charge in [-0.1, -0.05) is 107 Å². The Labute approximate surface area is 229 Å². The van der Waals surface area contributed by atoms with Gasteiger partial charge in [-0.2, -0.15) is 0 Å². The van der Waals surface area contributed by atoms with E-state index in [2.05, 4.69) is 83.1 Å². The fraction of sp³-hybridized carbons (Fsp3) is 0.531. The molecular weight excluding hydrogens is 492 g/mol. The number of fused-ring (bicyclic) bond motifs is 1. The molecule has 0 bridgehead atoms. The molecule has 6 heteroatoms. The summed E-state index contributed by atoms with van der Waals surface area (Å²) in [5.74, 6) is -0.797. The van der Waals surface area contributed by atoms with Gasteiger partial charge in [-0.05, 0) is 35.2 Å². The Hall–Kier alpha value is -2.25. The van der Waals surface area contributed by atoms with Gasteiger partial charge in [0.2, 0.25) is 0 Å². The van der Waals surface area contributed by atoms with Crippen LogP contribution in [0.4, 0.5) is 0 Å². The molecule has 2 aromatic rings. The van der Waals surface area contributed by atoms with Crippen molar-refractivity contribution < 1.29 is 23.8 Å². The van der Waals surface area contributed by atoms with Crippen LogP contribution in [0.3, 0.4) is 0 Å². The Morgan fingerprint density at radius 3 is 2.11 bits per heavy atom. The molecule has 1 aliphatic carbocycles. The molecule has 2 aromatic carbocycles. The molecule has 0 spiro atoms. The third-order valence-corrected chi connectivity index (χ3v) is 13.6. The van der Waals surface area contributed by atoms with E-state index in [1.54, 1.807) is 7.11 Å². The Morgan fingerprint density at radius 2 is 1.66 bits per heavy atom. The van der Waals surface area contributed by atoms with Crippen LogP contribution in [-0.4, -0.2) is 51.4 Å². The zero-order valence-corrected chi connectivity index (χ0v) is 24.9. The fourth-order valence-electron chi connectivity index (χ4n) is 6.58. The van der Waals surface area contributed by atoms with Crippen molar-refractivity contribution in [3.05, 3.63) is 72.3 Å². The summed E-state index contributed by atoms with van der Waals surface area (Å²) in [5.41, 5.74) is 1.03. The first-order valence-electron chi connectivity index (χ1n) is 13.8. The number of aliphatic hydroxyl groups is 1. The SMILES string of the molecule is CO[C@@H](/C=C(\C)CCO[Si](c1ccccc1)(c1ccccc1)C(C)(C)C)[C@@H](O)[C@@H]1C(=O)O[C@@H]2[C@H]1CC2(C)C. The second kappa shape index (κ2) is 11.1. The summed E-state index contributed by atoms with van der Waals surface area (Å²) in [4.78, 5) is 12.6. The van der Waals surface area contributed by atoms with E-state index in [1.165, 1.54) is 10.4 Å². The van der Waals surface area contributed by atoms with Crippen molar-refractivity contribution in [3.8, 4) is 0 Å². The van der Waals surface area contributed by atoms with Crippen molar-refractivity contribution in [2.45, 2.75) is 77.7 Å². The molecule has 2 aliphatic rings. The summed E-state index contributed by atoms with van der Waals surface area (Å²) < 4.78 is 18.3. The molecule has 1 saturated carbocycles. The summed E-state index contributed by atoms with van der Waals surface area (Å²) in [7, 11) is -1.03. The van der Waals surface area contributed by atoms with Crippen LogP contribution in [0.1, 0.15) is 54.4 Å². The minimum Gasteiger partial charge on any atom is -0.461 e. The molecule has 1 heterocycles. The van der Waals surface area contributed by atoms with E-state index in [-0.39, 0.29) is 28.4 Å². The molecule has 0 radical (unpaired) electrons. The number of ether oxygens (including phenoxy) is 2. The number of aliphatic hydroxyl groups excluding tert-OH is 1. The maximum atomic E-state index is 12.6. The van der Waals surface area contributed by atoms with Crippen molar-refractivity contribution >= 4 is 24.7 Å². The number of carbonyl (C=O) groups is 1. The third kappa shape index (κ3) is 5.29. The topological polar surface area (TPSA) is 65.0 Å². The average Bonchev–Trinajstić information content (AvgIpc) is 3.17. The predicted octanol–water partition coefficient (Wildman–Crippen LogP) is 4.86. The van der Waals surface area contributed by atoms with Gasteiger partial charge in [0, 0.05) is 25.0 Å². The van der Waals surface area contributed by atoms with Crippen LogP contribution in [0.5, 0.6) is 0 Å². The Balaban J connectivity index is 1.51. The molecule has 1 N–H and O–H groups in total. The number of methoxy groups -OCH3 is 1. The number of carbonyl (C=O) groups excluding carboxylic acids is 1. The van der Waals surface area contributed by atoms with Crippen LogP contribution >= 0.6 is 0 Å². The molecule has 1 saturated heterocycles. The van der Waals surface area contributed by atoms with Gasteiger partial charge in [-0.15, -0.1) is 0 Å². The second-order valence-electron chi connectivity index (χ2n) is 12.7. The quantitative estimate of drug-likeness (QED) is 0.267. The Morgan fingerprint density at radius 1 is 1.11 bits per heavy atom. The minimum absolute atomic E-state index is 0.0264. The highest BCUT2D eigenvalue weighted by Gasteiger charge is 2.62. The lowest BCUT2D eigenvalue weighted by Gasteiger charge is -2.47. The number of benzene rings is 2. The van der Waals surface area contributed by atoms with E-state index >= 15 is 0 Å². The first kappa shape index (κ1) is 28.7. The maximum Gasteiger partial charge on any atom is 0.312 e. The van der Waals surface area contributed by atoms with E-state index in [0.29, 0.717) is 13.0 Å². The van der Waals surface area contributed by atoms with Crippen LogP contribution in [0, 0.1) is 17.3 Å². The van der Waals surface area contributed by atoms with E-state index < -0.39 is 26.4 Å². The van der Waals surface area contributed by atoms with Crippen molar-refractivity contribution in [1.29, 1.82) is 0 Å². The van der Waals surface area contributed by atoms with Crippen molar-refractivity contribution in [1.82, 2.24) is 0 Å². The van der Waals surface area contributed by atoms with Crippen LogP contribution in [0.2, 0.25) is 5.04 Å². The van der Waals surface area contributed by atoms with Crippen LogP contribution in [0.25, 0.3) is 0 Å². The summed E-state index contributed by atoms with van der Waals surface area (Å²) >= 11 is 0. The van der Waals surface area contributed by atoms with E-state index in [4.69, 9.17) is 13.9 Å². The largest absolute Gasteiger partial charge is 0.461 e. The van der Waals surface area contributed by atoms with Gasteiger partial charge in [-0.25, -0.2) is 0 Å². The number of esters is 1. The maximum absolute atomic E-state index is 12.6. The summed E-state index contributed by atoms with van der Waals surface area (Å²) in [6.45, 7) is 13.6. The van der Waals surface area contributed by atoms with E-state index in [9.17, 15) is 9.90 Å². The lowest BCUT2D eigenvalue weighted by atomic mass is 9.58. The molecule has 1 aliphatic heterocycles. The summed E-state index contributed by atoms with van der Waals surface area (Å²) in [6, 6.07) is 21.2. The van der Waals surface area contributed by atoms with Gasteiger partial charge in [0.15, 0.2) is 0 Å². The van der Waals surface area contributed by atoms with Crippen LogP contribution < -0.4 is 10.4 Å². The minimum atomic E-state index is -2.61. The normalized spacial score (nSPS) is 24.8. The standard InChI is InChI=1S/C32H44O5Si/c1-22(20-26(35-7)28(33)27-25-21-32(5,6)29(25)37-30(27)34)18-19-36-38(31(2,3)4,23-14-10-8-11-15-23)24-16-12-9-13-17-24/h8-17,20,25-29,33H,18-19,21H2,1-7H3/b22-20+/t25-,26-,27+,28+,29+/m0/s1. The summed E-state index contributed by atoms with van der Waals surface area (Å²) in [6.07, 6.45) is 1.89. The molecule has 4 rings (SSSR count). The third-order valence-electron chi connectivity index (χ3n) is 8.55.